The van der Waals surface area contributed by atoms with Gasteiger partial charge >= 0.3 is 0 Å². The van der Waals surface area contributed by atoms with Crippen LogP contribution in [0.3, 0.4) is 0 Å². The van der Waals surface area contributed by atoms with E-state index in [1.807, 2.05) is 7.05 Å². The summed E-state index contributed by atoms with van der Waals surface area (Å²) in [6, 6.07) is 4.72. The van der Waals surface area contributed by atoms with E-state index in [1.165, 1.54) is 17.4 Å². The maximum Gasteiger partial charge on any atom is 0.257 e. The summed E-state index contributed by atoms with van der Waals surface area (Å²) in [5.74, 6) is 0.268. The first-order chi connectivity index (χ1) is 10.8. The molecule has 0 spiro atoms. The maximum absolute atomic E-state index is 12.7. The first kappa shape index (κ1) is 17.7. The summed E-state index contributed by atoms with van der Waals surface area (Å²) in [6.45, 7) is 4.11. The highest BCUT2D eigenvalue weighted by atomic mass is 32.2. The molecule has 8 heteroatoms. The highest BCUT2D eigenvalue weighted by Crippen LogP contribution is 2.24. The number of rotatable bonds is 5. The molecule has 2 rings (SSSR count). The molecule has 1 aliphatic rings. The van der Waals surface area contributed by atoms with Crippen LogP contribution in [0.1, 0.15) is 5.56 Å². The Morgan fingerprint density at radius 1 is 1.26 bits per heavy atom. The normalized spacial score (nSPS) is 17.0. The lowest BCUT2D eigenvalue weighted by atomic mass is 10.2. The van der Waals surface area contributed by atoms with Crippen LogP contribution in [-0.2, 0) is 14.8 Å². The molecule has 1 aromatic carbocycles. The van der Waals surface area contributed by atoms with Crippen LogP contribution in [0.4, 0.5) is 0 Å². The van der Waals surface area contributed by atoms with E-state index in [4.69, 9.17) is 4.74 Å². The van der Waals surface area contributed by atoms with Crippen LogP contribution in [0.2, 0.25) is 0 Å². The van der Waals surface area contributed by atoms with Crippen LogP contribution >= 0.6 is 0 Å². The molecule has 0 unspecified atom stereocenters. The van der Waals surface area contributed by atoms with Gasteiger partial charge in [-0.15, -0.1) is 0 Å². The third-order valence-corrected chi connectivity index (χ3v) is 5.78. The van der Waals surface area contributed by atoms with Gasteiger partial charge in [0.25, 0.3) is 5.91 Å². The molecule has 0 saturated carbocycles. The molecule has 1 aliphatic heterocycles. The van der Waals surface area contributed by atoms with Crippen molar-refractivity contribution in [2.75, 3.05) is 46.9 Å². The van der Waals surface area contributed by atoms with Crippen molar-refractivity contribution in [2.24, 2.45) is 0 Å². The van der Waals surface area contributed by atoms with Crippen LogP contribution in [0.15, 0.2) is 23.1 Å². The fourth-order valence-electron chi connectivity index (χ4n) is 2.34. The van der Waals surface area contributed by atoms with Crippen LogP contribution in [0, 0.1) is 6.92 Å². The summed E-state index contributed by atoms with van der Waals surface area (Å²) in [5.41, 5.74) is 0.684. The summed E-state index contributed by atoms with van der Waals surface area (Å²) >= 11 is 0. The highest BCUT2D eigenvalue weighted by Gasteiger charge is 2.27. The highest BCUT2D eigenvalue weighted by molar-refractivity contribution is 7.89. The predicted molar refractivity (Wildman–Crippen MR) is 87.0 cm³/mol. The lowest BCUT2D eigenvalue weighted by Crippen LogP contribution is -2.47. The molecule has 1 fully saturated rings. The second-order valence-electron chi connectivity index (χ2n) is 5.60. The fourth-order valence-corrected chi connectivity index (χ4v) is 3.85. The molecule has 1 amide bonds. The number of nitrogens with zero attached hydrogens (tertiary/aromatic N) is 2. The molecule has 23 heavy (non-hydrogen) atoms. The SMILES string of the molecule is CNC(=O)COc1ccc(S(=O)(=O)N2CCN(C)CC2)cc1C. The Balaban J connectivity index is 2.14. The number of likely N-dealkylation sites (N-methyl/N-ethyl adjacent to an activating group) is 2. The minimum Gasteiger partial charge on any atom is -0.484 e. The molecule has 0 radical (unpaired) electrons. The fraction of sp³-hybridized carbons (Fsp3) is 0.533. The summed E-state index contributed by atoms with van der Waals surface area (Å²) < 4.78 is 32.2. The zero-order valence-corrected chi connectivity index (χ0v) is 14.5. The van der Waals surface area contributed by atoms with Crippen molar-refractivity contribution in [1.29, 1.82) is 0 Å². The minimum absolute atomic E-state index is 0.0953. The number of aryl methyl sites for hydroxylation is 1. The van der Waals surface area contributed by atoms with Crippen LogP contribution in [0.25, 0.3) is 0 Å². The van der Waals surface area contributed by atoms with Crippen molar-refractivity contribution < 1.29 is 17.9 Å². The van der Waals surface area contributed by atoms with Gasteiger partial charge in [-0.1, -0.05) is 0 Å². The van der Waals surface area contributed by atoms with Gasteiger partial charge in [0.15, 0.2) is 6.61 Å². The number of ether oxygens (including phenoxy) is 1. The lowest BCUT2D eigenvalue weighted by Gasteiger charge is -2.31. The average molecular weight is 341 g/mol. The second-order valence-corrected chi connectivity index (χ2v) is 7.53. The molecular formula is C15H23N3O4S. The quantitative estimate of drug-likeness (QED) is 0.819. The van der Waals surface area contributed by atoms with E-state index in [9.17, 15) is 13.2 Å². The van der Waals surface area contributed by atoms with E-state index in [2.05, 4.69) is 10.2 Å². The standard InChI is InChI=1S/C15H23N3O4S/c1-12-10-13(4-5-14(12)22-11-15(19)16-2)23(20,21)18-8-6-17(3)7-9-18/h4-5,10H,6-9,11H2,1-3H3,(H,16,19). The van der Waals surface area contributed by atoms with Gasteiger partial charge in [-0.25, -0.2) is 8.42 Å². The molecule has 0 bridgehead atoms. The summed E-state index contributed by atoms with van der Waals surface area (Å²) in [6.07, 6.45) is 0. The number of sulfonamides is 1. The lowest BCUT2D eigenvalue weighted by molar-refractivity contribution is -0.122. The average Bonchev–Trinajstić information content (AvgIpc) is 2.53. The molecular weight excluding hydrogens is 318 g/mol. The Kier molecular flexibility index (Phi) is 5.61. The number of piperazine rings is 1. The van der Waals surface area contributed by atoms with Crippen molar-refractivity contribution in [3.8, 4) is 5.75 Å². The Labute approximate surface area is 137 Å². The minimum atomic E-state index is -3.49. The van der Waals surface area contributed by atoms with E-state index in [0.717, 1.165) is 13.1 Å². The van der Waals surface area contributed by atoms with Gasteiger partial charge in [-0.05, 0) is 37.7 Å². The van der Waals surface area contributed by atoms with E-state index in [0.29, 0.717) is 24.4 Å². The zero-order chi connectivity index (χ0) is 17.0. The number of amides is 1. The molecule has 128 valence electrons. The van der Waals surface area contributed by atoms with Crippen molar-refractivity contribution in [1.82, 2.24) is 14.5 Å². The second kappa shape index (κ2) is 7.29. The number of carbonyl (C=O) groups excluding carboxylic acids is 1. The molecule has 1 heterocycles. The third-order valence-electron chi connectivity index (χ3n) is 3.88. The summed E-state index contributed by atoms with van der Waals surface area (Å²) in [5, 5.41) is 2.47. The topological polar surface area (TPSA) is 78.9 Å². The molecule has 0 aromatic heterocycles. The smallest absolute Gasteiger partial charge is 0.257 e. The van der Waals surface area contributed by atoms with Crippen LogP contribution in [0.5, 0.6) is 5.75 Å². The van der Waals surface area contributed by atoms with Crippen LogP contribution in [-0.4, -0.2) is 70.4 Å². The summed E-state index contributed by atoms with van der Waals surface area (Å²) in [7, 11) is 0.0220. The molecule has 1 N–H and O–H groups in total. The van der Waals surface area contributed by atoms with Gasteiger partial charge in [0.2, 0.25) is 10.0 Å². The first-order valence-electron chi connectivity index (χ1n) is 7.47. The Hall–Kier alpha value is -1.64. The molecule has 0 atom stereocenters. The van der Waals surface area contributed by atoms with Gasteiger partial charge < -0.3 is 15.0 Å². The number of carbonyl (C=O) groups is 1. The Morgan fingerprint density at radius 3 is 2.48 bits per heavy atom. The number of nitrogens with one attached hydrogen (secondary N) is 1. The molecule has 1 saturated heterocycles. The van der Waals surface area contributed by atoms with Gasteiger partial charge in [-0.3, -0.25) is 4.79 Å². The Morgan fingerprint density at radius 2 is 1.91 bits per heavy atom. The molecule has 7 nitrogen and oxygen atoms in total. The number of benzene rings is 1. The molecule has 0 aliphatic carbocycles. The van der Waals surface area contributed by atoms with Crippen molar-refractivity contribution in [2.45, 2.75) is 11.8 Å². The number of hydrogen-bond donors (Lipinski definition) is 1. The van der Waals surface area contributed by atoms with Crippen molar-refractivity contribution in [3.05, 3.63) is 23.8 Å². The zero-order valence-electron chi connectivity index (χ0n) is 13.7. The van der Waals surface area contributed by atoms with Crippen molar-refractivity contribution in [3.63, 3.8) is 0 Å². The van der Waals surface area contributed by atoms with E-state index in [1.54, 1.807) is 19.1 Å². The monoisotopic (exact) mass is 341 g/mol. The van der Waals surface area contributed by atoms with Gasteiger partial charge in [-0.2, -0.15) is 4.31 Å². The van der Waals surface area contributed by atoms with E-state index in [-0.39, 0.29) is 17.4 Å². The predicted octanol–water partition coefficient (Wildman–Crippen LogP) is 0.0559. The number of hydrogen-bond acceptors (Lipinski definition) is 5. The van der Waals surface area contributed by atoms with Gasteiger partial charge in [0, 0.05) is 33.2 Å². The first-order valence-corrected chi connectivity index (χ1v) is 8.91. The maximum atomic E-state index is 12.7. The van der Waals surface area contributed by atoms with Gasteiger partial charge in [0.1, 0.15) is 5.75 Å². The van der Waals surface area contributed by atoms with Gasteiger partial charge in [0.05, 0.1) is 4.90 Å². The van der Waals surface area contributed by atoms with Crippen molar-refractivity contribution >= 4 is 15.9 Å². The van der Waals surface area contributed by atoms with E-state index < -0.39 is 10.0 Å². The summed E-state index contributed by atoms with van der Waals surface area (Å²) in [4.78, 5) is 13.6. The van der Waals surface area contributed by atoms with Crippen LogP contribution < -0.4 is 10.1 Å². The largest absolute Gasteiger partial charge is 0.484 e. The molecule has 1 aromatic rings. The Bertz CT molecular complexity index is 667. The third kappa shape index (κ3) is 4.21. The van der Waals surface area contributed by atoms with E-state index >= 15 is 0 Å².